The molecule has 0 aromatic heterocycles. The predicted octanol–water partition coefficient (Wildman–Crippen LogP) is 2.78. The Morgan fingerprint density at radius 3 is 2.29 bits per heavy atom. The standard InChI is InChI=1S/C17H14O4/c1-20-17(19)12-8-6-11(7-9-12)16(18)14-5-3-2-4-13(14)15-10-21-15/h2-9,15H,10H2,1H3. The van der Waals surface area contributed by atoms with Crippen LogP contribution in [0, 0.1) is 0 Å². The second-order valence-corrected chi connectivity index (χ2v) is 4.81. The van der Waals surface area contributed by atoms with Crippen molar-refractivity contribution in [1.29, 1.82) is 0 Å². The summed E-state index contributed by atoms with van der Waals surface area (Å²) in [6.45, 7) is 0.658. The Hall–Kier alpha value is -2.46. The molecular formula is C17H14O4. The Morgan fingerprint density at radius 1 is 1.05 bits per heavy atom. The molecular weight excluding hydrogens is 268 g/mol. The number of epoxide rings is 1. The van der Waals surface area contributed by atoms with Crippen LogP contribution in [-0.2, 0) is 9.47 Å². The Labute approximate surface area is 122 Å². The molecule has 1 heterocycles. The molecule has 1 unspecified atom stereocenters. The largest absolute Gasteiger partial charge is 0.465 e. The third kappa shape index (κ3) is 2.71. The van der Waals surface area contributed by atoms with Crippen LogP contribution in [0.5, 0.6) is 0 Å². The van der Waals surface area contributed by atoms with E-state index in [1.165, 1.54) is 7.11 Å². The van der Waals surface area contributed by atoms with E-state index in [0.29, 0.717) is 23.3 Å². The molecule has 2 aromatic carbocycles. The lowest BCUT2D eigenvalue weighted by molar-refractivity contribution is 0.0600. The van der Waals surface area contributed by atoms with Crippen molar-refractivity contribution >= 4 is 11.8 Å². The number of ether oxygens (including phenoxy) is 2. The summed E-state index contributed by atoms with van der Waals surface area (Å²) in [6.07, 6.45) is 0.0273. The monoisotopic (exact) mass is 282 g/mol. The lowest BCUT2D eigenvalue weighted by atomic mass is 9.96. The molecule has 0 amide bonds. The average Bonchev–Trinajstić information content (AvgIpc) is 3.38. The fourth-order valence-corrected chi connectivity index (χ4v) is 2.24. The molecule has 0 aliphatic carbocycles. The van der Waals surface area contributed by atoms with Gasteiger partial charge in [-0.2, -0.15) is 0 Å². The molecule has 1 aliphatic rings. The molecule has 0 spiro atoms. The van der Waals surface area contributed by atoms with Crippen LogP contribution >= 0.6 is 0 Å². The van der Waals surface area contributed by atoms with Crippen molar-refractivity contribution in [2.24, 2.45) is 0 Å². The summed E-state index contributed by atoms with van der Waals surface area (Å²) in [5.74, 6) is -0.488. The number of carbonyl (C=O) groups is 2. The molecule has 1 fully saturated rings. The number of benzene rings is 2. The van der Waals surface area contributed by atoms with Gasteiger partial charge in [0.15, 0.2) is 5.78 Å². The summed E-state index contributed by atoms with van der Waals surface area (Å²) in [6, 6.07) is 13.9. The van der Waals surface area contributed by atoms with Crippen LogP contribution in [0.2, 0.25) is 0 Å². The first-order valence-corrected chi connectivity index (χ1v) is 6.64. The lowest BCUT2D eigenvalue weighted by Gasteiger charge is -2.07. The first-order chi connectivity index (χ1) is 10.2. The highest BCUT2D eigenvalue weighted by molar-refractivity contribution is 6.10. The third-order valence-electron chi connectivity index (χ3n) is 3.45. The van der Waals surface area contributed by atoms with Crippen molar-refractivity contribution < 1.29 is 19.1 Å². The summed E-state index contributed by atoms with van der Waals surface area (Å²) in [5, 5.41) is 0. The zero-order valence-corrected chi connectivity index (χ0v) is 11.5. The predicted molar refractivity (Wildman–Crippen MR) is 76.3 cm³/mol. The van der Waals surface area contributed by atoms with Crippen molar-refractivity contribution in [1.82, 2.24) is 0 Å². The van der Waals surface area contributed by atoms with Crippen LogP contribution in [0.15, 0.2) is 48.5 Å². The van der Waals surface area contributed by atoms with Crippen LogP contribution in [0.4, 0.5) is 0 Å². The average molecular weight is 282 g/mol. The van der Waals surface area contributed by atoms with Gasteiger partial charge in [0, 0.05) is 11.1 Å². The lowest BCUT2D eigenvalue weighted by Crippen LogP contribution is -2.06. The fraction of sp³-hybridized carbons (Fsp3) is 0.176. The molecule has 2 aromatic rings. The van der Waals surface area contributed by atoms with Gasteiger partial charge in [0.25, 0.3) is 0 Å². The highest BCUT2D eigenvalue weighted by Crippen LogP contribution is 2.33. The smallest absolute Gasteiger partial charge is 0.337 e. The van der Waals surface area contributed by atoms with E-state index in [9.17, 15) is 9.59 Å². The summed E-state index contributed by atoms with van der Waals surface area (Å²) in [5.41, 5.74) is 2.52. The highest BCUT2D eigenvalue weighted by Gasteiger charge is 2.29. The number of rotatable bonds is 4. The van der Waals surface area contributed by atoms with E-state index >= 15 is 0 Å². The number of hydrogen-bond acceptors (Lipinski definition) is 4. The Balaban J connectivity index is 1.90. The maximum Gasteiger partial charge on any atom is 0.337 e. The van der Waals surface area contributed by atoms with E-state index in [1.807, 2.05) is 18.2 Å². The van der Waals surface area contributed by atoms with Gasteiger partial charge in [-0.3, -0.25) is 4.79 Å². The normalized spacial score (nSPS) is 16.3. The molecule has 1 atom stereocenters. The van der Waals surface area contributed by atoms with Gasteiger partial charge in [-0.1, -0.05) is 36.4 Å². The summed E-state index contributed by atoms with van der Waals surface area (Å²) in [7, 11) is 1.33. The summed E-state index contributed by atoms with van der Waals surface area (Å²) >= 11 is 0. The molecule has 3 rings (SSSR count). The molecule has 4 nitrogen and oxygen atoms in total. The fourth-order valence-electron chi connectivity index (χ4n) is 2.24. The number of ketones is 1. The van der Waals surface area contributed by atoms with Crippen molar-refractivity contribution in [3.8, 4) is 0 Å². The maximum atomic E-state index is 12.6. The van der Waals surface area contributed by atoms with Crippen LogP contribution in [-0.4, -0.2) is 25.5 Å². The molecule has 106 valence electrons. The van der Waals surface area contributed by atoms with Gasteiger partial charge in [-0.05, 0) is 17.7 Å². The zero-order valence-electron chi connectivity index (χ0n) is 11.5. The van der Waals surface area contributed by atoms with Crippen molar-refractivity contribution in [3.05, 3.63) is 70.8 Å². The van der Waals surface area contributed by atoms with E-state index in [4.69, 9.17) is 4.74 Å². The Bertz CT molecular complexity index is 684. The van der Waals surface area contributed by atoms with Crippen molar-refractivity contribution in [3.63, 3.8) is 0 Å². The minimum absolute atomic E-state index is 0.0273. The van der Waals surface area contributed by atoms with Gasteiger partial charge in [0.05, 0.1) is 19.3 Å². The van der Waals surface area contributed by atoms with Gasteiger partial charge >= 0.3 is 5.97 Å². The second kappa shape index (κ2) is 5.50. The van der Waals surface area contributed by atoms with Crippen LogP contribution in [0.25, 0.3) is 0 Å². The maximum absolute atomic E-state index is 12.6. The van der Waals surface area contributed by atoms with Gasteiger partial charge < -0.3 is 9.47 Å². The molecule has 0 N–H and O–H groups in total. The van der Waals surface area contributed by atoms with E-state index < -0.39 is 5.97 Å². The van der Waals surface area contributed by atoms with Crippen molar-refractivity contribution in [2.75, 3.05) is 13.7 Å². The Morgan fingerprint density at radius 2 is 1.67 bits per heavy atom. The van der Waals surface area contributed by atoms with Gasteiger partial charge in [0.2, 0.25) is 0 Å². The van der Waals surface area contributed by atoms with Gasteiger partial charge in [0.1, 0.15) is 6.10 Å². The Kier molecular flexibility index (Phi) is 3.54. The quantitative estimate of drug-likeness (QED) is 0.491. The topological polar surface area (TPSA) is 55.9 Å². The number of hydrogen-bond donors (Lipinski definition) is 0. The minimum atomic E-state index is -0.416. The molecule has 21 heavy (non-hydrogen) atoms. The highest BCUT2D eigenvalue weighted by atomic mass is 16.6. The van der Waals surface area contributed by atoms with Crippen LogP contribution < -0.4 is 0 Å². The van der Waals surface area contributed by atoms with Crippen molar-refractivity contribution in [2.45, 2.75) is 6.10 Å². The molecule has 1 aliphatic heterocycles. The zero-order chi connectivity index (χ0) is 14.8. The first-order valence-electron chi connectivity index (χ1n) is 6.64. The minimum Gasteiger partial charge on any atom is -0.465 e. The molecule has 4 heteroatoms. The number of carbonyl (C=O) groups excluding carboxylic acids is 2. The molecule has 1 saturated heterocycles. The third-order valence-corrected chi connectivity index (χ3v) is 3.45. The molecule has 0 saturated carbocycles. The number of esters is 1. The molecule has 0 bridgehead atoms. The van der Waals surface area contributed by atoms with Gasteiger partial charge in [-0.15, -0.1) is 0 Å². The number of methoxy groups -OCH3 is 1. The molecule has 0 radical (unpaired) electrons. The summed E-state index contributed by atoms with van der Waals surface area (Å²) in [4.78, 5) is 24.0. The van der Waals surface area contributed by atoms with E-state index in [2.05, 4.69) is 4.74 Å². The van der Waals surface area contributed by atoms with E-state index in [-0.39, 0.29) is 11.9 Å². The van der Waals surface area contributed by atoms with Crippen LogP contribution in [0.3, 0.4) is 0 Å². The van der Waals surface area contributed by atoms with E-state index in [1.54, 1.807) is 30.3 Å². The SMILES string of the molecule is COC(=O)c1ccc(C(=O)c2ccccc2C2CO2)cc1. The van der Waals surface area contributed by atoms with Crippen LogP contribution in [0.1, 0.15) is 37.9 Å². The van der Waals surface area contributed by atoms with Gasteiger partial charge in [-0.25, -0.2) is 4.79 Å². The first kappa shape index (κ1) is 13.5. The second-order valence-electron chi connectivity index (χ2n) is 4.81. The summed E-state index contributed by atoms with van der Waals surface area (Å²) < 4.78 is 9.91. The van der Waals surface area contributed by atoms with E-state index in [0.717, 1.165) is 5.56 Å².